The zero-order valence-electron chi connectivity index (χ0n) is 13.0. The fourth-order valence-corrected chi connectivity index (χ4v) is 1.68. The number of nitro groups is 1. The SMILES string of the molecule is COS(=O)(=O)[O-].C[n+]1ccccc1C=Cc1ccccc1[N+](=O)[O-]. The van der Waals surface area contributed by atoms with Gasteiger partial charge in [-0.05, 0) is 18.2 Å². The topological polar surface area (TPSA) is 113 Å². The Morgan fingerprint density at radius 2 is 1.71 bits per heavy atom. The van der Waals surface area contributed by atoms with Crippen LogP contribution < -0.4 is 4.57 Å². The first kappa shape index (κ1) is 19.4. The number of nitrogens with zero attached hydrogens (tertiary/aromatic N) is 2. The van der Waals surface area contributed by atoms with Gasteiger partial charge in [-0.15, -0.1) is 0 Å². The molecule has 0 aliphatic rings. The van der Waals surface area contributed by atoms with Crippen molar-refractivity contribution in [1.82, 2.24) is 0 Å². The predicted molar refractivity (Wildman–Crippen MR) is 86.3 cm³/mol. The van der Waals surface area contributed by atoms with Gasteiger partial charge >= 0.3 is 0 Å². The average Bonchev–Trinajstić information content (AvgIpc) is 2.54. The Morgan fingerprint density at radius 1 is 1.12 bits per heavy atom. The van der Waals surface area contributed by atoms with Crippen LogP contribution >= 0.6 is 0 Å². The lowest BCUT2D eigenvalue weighted by Gasteiger charge is -1.98. The number of pyridine rings is 1. The number of rotatable bonds is 4. The molecule has 0 aliphatic carbocycles. The number of hydrogen-bond donors (Lipinski definition) is 0. The van der Waals surface area contributed by atoms with Crippen LogP contribution in [0.1, 0.15) is 11.3 Å². The molecule has 1 aromatic carbocycles. The van der Waals surface area contributed by atoms with Crippen molar-refractivity contribution in [2.45, 2.75) is 0 Å². The minimum atomic E-state index is -4.41. The average molecular weight is 352 g/mol. The van der Waals surface area contributed by atoms with E-state index in [1.54, 1.807) is 24.3 Å². The van der Waals surface area contributed by atoms with Gasteiger partial charge in [0.15, 0.2) is 6.20 Å². The second-order valence-electron chi connectivity index (χ2n) is 4.46. The number of hydrogen-bond acceptors (Lipinski definition) is 6. The number of aryl methyl sites for hydroxylation is 1. The lowest BCUT2D eigenvalue weighted by molar-refractivity contribution is -0.673. The van der Waals surface area contributed by atoms with Gasteiger partial charge in [-0.2, -0.15) is 0 Å². The van der Waals surface area contributed by atoms with Crippen LogP contribution in [0.15, 0.2) is 48.7 Å². The van der Waals surface area contributed by atoms with Gasteiger partial charge in [-0.1, -0.05) is 12.1 Å². The highest BCUT2D eigenvalue weighted by Gasteiger charge is 2.09. The predicted octanol–water partition coefficient (Wildman–Crippen LogP) is 1.68. The van der Waals surface area contributed by atoms with Crippen molar-refractivity contribution in [1.29, 1.82) is 0 Å². The molecule has 24 heavy (non-hydrogen) atoms. The van der Waals surface area contributed by atoms with Crippen molar-refractivity contribution in [3.63, 3.8) is 0 Å². The fraction of sp³-hybridized carbons (Fsp3) is 0.133. The lowest BCUT2D eigenvalue weighted by Crippen LogP contribution is -2.30. The van der Waals surface area contributed by atoms with E-state index in [9.17, 15) is 23.1 Å². The van der Waals surface area contributed by atoms with Gasteiger partial charge in [0.1, 0.15) is 7.05 Å². The van der Waals surface area contributed by atoms with Crippen LogP contribution in [0.4, 0.5) is 5.69 Å². The monoisotopic (exact) mass is 352 g/mol. The first-order valence-corrected chi connectivity index (χ1v) is 7.95. The third-order valence-corrected chi connectivity index (χ3v) is 3.27. The number of para-hydroxylation sites is 1. The molecule has 8 nitrogen and oxygen atoms in total. The third-order valence-electron chi connectivity index (χ3n) is 2.87. The minimum absolute atomic E-state index is 0.118. The Hall–Kier alpha value is -2.62. The van der Waals surface area contributed by atoms with E-state index >= 15 is 0 Å². The van der Waals surface area contributed by atoms with E-state index in [1.807, 2.05) is 42.1 Å². The minimum Gasteiger partial charge on any atom is -0.726 e. The van der Waals surface area contributed by atoms with E-state index in [4.69, 9.17) is 0 Å². The molecule has 0 unspecified atom stereocenters. The summed E-state index contributed by atoms with van der Waals surface area (Å²) in [6.07, 6.45) is 5.55. The van der Waals surface area contributed by atoms with Crippen LogP contribution in [0.2, 0.25) is 0 Å². The summed E-state index contributed by atoms with van der Waals surface area (Å²) in [7, 11) is -1.67. The van der Waals surface area contributed by atoms with Crippen molar-refractivity contribution in [2.24, 2.45) is 7.05 Å². The molecule has 0 bridgehead atoms. The smallest absolute Gasteiger partial charge is 0.276 e. The van der Waals surface area contributed by atoms with E-state index in [0.717, 1.165) is 12.8 Å². The van der Waals surface area contributed by atoms with Crippen molar-refractivity contribution in [2.75, 3.05) is 7.11 Å². The maximum Gasteiger partial charge on any atom is 0.276 e. The zero-order valence-corrected chi connectivity index (χ0v) is 13.8. The third kappa shape index (κ3) is 6.65. The number of nitro benzene ring substituents is 1. The van der Waals surface area contributed by atoms with E-state index < -0.39 is 10.4 Å². The molecule has 2 aromatic rings. The number of benzene rings is 1. The molecule has 0 fully saturated rings. The molecule has 9 heteroatoms. The second-order valence-corrected chi connectivity index (χ2v) is 5.61. The largest absolute Gasteiger partial charge is 0.726 e. The van der Waals surface area contributed by atoms with Crippen LogP contribution in [0.3, 0.4) is 0 Å². The summed E-state index contributed by atoms with van der Waals surface area (Å²) in [5.41, 5.74) is 1.70. The molecular weight excluding hydrogens is 336 g/mol. The zero-order chi connectivity index (χ0) is 18.2. The Balaban J connectivity index is 0.000000413. The van der Waals surface area contributed by atoms with Crippen LogP contribution in [0, 0.1) is 10.1 Å². The quantitative estimate of drug-likeness (QED) is 0.272. The summed E-state index contributed by atoms with van der Waals surface area (Å²) >= 11 is 0. The molecule has 1 heterocycles. The fourth-order valence-electron chi connectivity index (χ4n) is 1.68. The van der Waals surface area contributed by atoms with Crippen molar-refractivity contribution >= 4 is 28.2 Å². The Bertz CT molecular complexity index is 833. The molecule has 0 saturated heterocycles. The second kappa shape index (κ2) is 8.87. The molecule has 1 aromatic heterocycles. The lowest BCUT2D eigenvalue weighted by atomic mass is 10.1. The van der Waals surface area contributed by atoms with E-state index in [0.29, 0.717) is 5.56 Å². The molecule has 0 amide bonds. The maximum atomic E-state index is 10.9. The van der Waals surface area contributed by atoms with Gasteiger partial charge in [0.2, 0.25) is 16.1 Å². The molecule has 128 valence electrons. The molecule has 0 saturated carbocycles. The molecule has 0 spiro atoms. The summed E-state index contributed by atoms with van der Waals surface area (Å²) in [4.78, 5) is 10.5. The highest BCUT2D eigenvalue weighted by atomic mass is 32.3. The van der Waals surface area contributed by atoms with E-state index in [2.05, 4.69) is 4.18 Å². The standard InChI is InChI=1S/C14H13N2O2.CH4O4S/c1-15-11-5-4-7-13(15)10-9-12-6-2-3-8-14(12)16(17)18;1-5-6(2,3)4/h2-11H,1H3;1H3,(H,2,3,4)/q+1;/p-1. The van der Waals surface area contributed by atoms with Crippen molar-refractivity contribution in [3.8, 4) is 0 Å². The van der Waals surface area contributed by atoms with Gasteiger partial charge in [-0.25, -0.2) is 13.0 Å². The van der Waals surface area contributed by atoms with Gasteiger partial charge in [-0.3, -0.25) is 14.3 Å². The summed E-state index contributed by atoms with van der Waals surface area (Å²) in [6, 6.07) is 12.5. The summed E-state index contributed by atoms with van der Waals surface area (Å²) in [5, 5.41) is 10.9. The van der Waals surface area contributed by atoms with E-state index in [1.165, 1.54) is 6.07 Å². The maximum absolute atomic E-state index is 10.9. The van der Waals surface area contributed by atoms with Crippen molar-refractivity contribution in [3.05, 3.63) is 70.0 Å². The van der Waals surface area contributed by atoms with Crippen LogP contribution in [-0.2, 0) is 21.6 Å². The van der Waals surface area contributed by atoms with Gasteiger partial charge < -0.3 is 4.55 Å². The first-order valence-electron chi connectivity index (χ1n) is 6.62. The molecule has 0 atom stereocenters. The molecule has 2 rings (SSSR count). The Labute approximate surface area is 139 Å². The molecule has 0 aliphatic heterocycles. The molecular formula is C15H16N2O6S. The van der Waals surface area contributed by atoms with Crippen molar-refractivity contribution < 1.29 is 26.6 Å². The molecule has 0 N–H and O–H groups in total. The highest BCUT2D eigenvalue weighted by molar-refractivity contribution is 7.80. The summed E-state index contributed by atoms with van der Waals surface area (Å²) < 4.78 is 33.0. The van der Waals surface area contributed by atoms with E-state index in [-0.39, 0.29) is 10.6 Å². The van der Waals surface area contributed by atoms with Crippen LogP contribution in [0.25, 0.3) is 12.2 Å². The first-order chi connectivity index (χ1) is 11.2. The van der Waals surface area contributed by atoms with Crippen LogP contribution in [-0.4, -0.2) is 25.0 Å². The molecule has 0 radical (unpaired) electrons. The van der Waals surface area contributed by atoms with Gasteiger partial charge in [0, 0.05) is 24.3 Å². The summed E-state index contributed by atoms with van der Waals surface area (Å²) in [6.45, 7) is 0. The summed E-state index contributed by atoms with van der Waals surface area (Å²) in [5.74, 6) is 0. The Kier molecular flexibility index (Phi) is 7.18. The Morgan fingerprint density at radius 3 is 2.25 bits per heavy atom. The van der Waals surface area contributed by atoms with Gasteiger partial charge in [0.05, 0.1) is 17.6 Å². The normalized spacial score (nSPS) is 11.0. The highest BCUT2D eigenvalue weighted by Crippen LogP contribution is 2.19. The van der Waals surface area contributed by atoms with Gasteiger partial charge in [0.25, 0.3) is 5.69 Å². The number of aromatic nitrogens is 1. The van der Waals surface area contributed by atoms with Crippen LogP contribution in [0.5, 0.6) is 0 Å².